The van der Waals surface area contributed by atoms with Gasteiger partial charge in [0.2, 0.25) is 0 Å². The van der Waals surface area contributed by atoms with E-state index < -0.39 is 27.8 Å². The van der Waals surface area contributed by atoms with Crippen LogP contribution >= 0.6 is 0 Å². The van der Waals surface area contributed by atoms with Gasteiger partial charge in [-0.25, -0.2) is 22.2 Å². The van der Waals surface area contributed by atoms with E-state index in [-0.39, 0.29) is 29.6 Å². The second kappa shape index (κ2) is 7.77. The van der Waals surface area contributed by atoms with E-state index in [1.807, 2.05) is 0 Å². The van der Waals surface area contributed by atoms with E-state index in [1.165, 1.54) is 41.2 Å². The fraction of sp³-hybridized carbons (Fsp3) is 0.300. The van der Waals surface area contributed by atoms with Crippen molar-refractivity contribution in [3.8, 4) is 0 Å². The molecule has 10 heteroatoms. The van der Waals surface area contributed by atoms with Gasteiger partial charge in [0.05, 0.1) is 12.0 Å². The third-order valence-electron chi connectivity index (χ3n) is 5.22. The Hall–Kier alpha value is -2.85. The van der Waals surface area contributed by atoms with Crippen molar-refractivity contribution in [3.05, 3.63) is 71.9 Å². The molecule has 3 aromatic rings. The third kappa shape index (κ3) is 3.80. The number of rotatable bonds is 5. The first-order valence-corrected chi connectivity index (χ1v) is 10.8. The van der Waals surface area contributed by atoms with Crippen LogP contribution in [-0.2, 0) is 17.1 Å². The first-order chi connectivity index (χ1) is 14.3. The molecule has 2 aromatic heterocycles. The lowest BCUT2D eigenvalue weighted by Gasteiger charge is -2.21. The average Bonchev–Trinajstić information content (AvgIpc) is 3.32. The van der Waals surface area contributed by atoms with Crippen LogP contribution in [0.1, 0.15) is 17.2 Å². The molecule has 0 amide bonds. The summed E-state index contributed by atoms with van der Waals surface area (Å²) in [6.45, 7) is 1.78. The Morgan fingerprint density at radius 3 is 2.60 bits per heavy atom. The molecule has 1 saturated heterocycles. The van der Waals surface area contributed by atoms with Gasteiger partial charge >= 0.3 is 0 Å². The van der Waals surface area contributed by atoms with E-state index in [1.54, 1.807) is 30.7 Å². The van der Waals surface area contributed by atoms with Crippen molar-refractivity contribution in [3.63, 3.8) is 0 Å². The molecule has 3 heterocycles. The molecule has 158 valence electrons. The van der Waals surface area contributed by atoms with Crippen molar-refractivity contribution in [2.45, 2.75) is 23.9 Å². The summed E-state index contributed by atoms with van der Waals surface area (Å²) in [6, 6.07) is 6.88. The molecule has 1 N–H and O–H groups in total. The van der Waals surface area contributed by atoms with E-state index in [4.69, 9.17) is 0 Å². The molecule has 1 aromatic carbocycles. The van der Waals surface area contributed by atoms with E-state index in [2.05, 4.69) is 15.3 Å². The molecule has 2 atom stereocenters. The summed E-state index contributed by atoms with van der Waals surface area (Å²) in [7, 11) is -2.18. The number of imidazole rings is 1. The molecule has 0 bridgehead atoms. The Morgan fingerprint density at radius 1 is 1.13 bits per heavy atom. The number of hydrogen-bond acceptors (Lipinski definition) is 5. The number of benzene rings is 1. The average molecular weight is 433 g/mol. The minimum atomic E-state index is -3.86. The van der Waals surface area contributed by atoms with Gasteiger partial charge in [0.25, 0.3) is 10.0 Å². The van der Waals surface area contributed by atoms with Gasteiger partial charge in [-0.05, 0) is 42.8 Å². The maximum absolute atomic E-state index is 14.5. The van der Waals surface area contributed by atoms with Crippen LogP contribution in [0.3, 0.4) is 0 Å². The topological polar surface area (TPSA) is 80.1 Å². The zero-order valence-electron chi connectivity index (χ0n) is 16.5. The number of halogens is 2. The van der Waals surface area contributed by atoms with Crippen molar-refractivity contribution < 1.29 is 17.2 Å². The number of anilines is 1. The molecule has 0 spiro atoms. The lowest BCUT2D eigenvalue weighted by molar-refractivity contribution is 0.466. The van der Waals surface area contributed by atoms with Gasteiger partial charge < -0.3 is 9.88 Å². The molecule has 4 rings (SSSR count). The van der Waals surface area contributed by atoms with Gasteiger partial charge in [-0.2, -0.15) is 4.31 Å². The maximum Gasteiger partial charge on any atom is 0.262 e. The fourth-order valence-corrected chi connectivity index (χ4v) is 5.12. The van der Waals surface area contributed by atoms with E-state index >= 15 is 0 Å². The Kier molecular flexibility index (Phi) is 5.29. The minimum Gasteiger partial charge on any atom is -0.380 e. The maximum atomic E-state index is 14.5. The number of nitrogens with zero attached hydrogens (tertiary/aromatic N) is 4. The SMILES string of the molecule is Cc1cc(N[C@H]2CN(S(=O)(=O)c3cn(C)cn3)C[C@@H]2c2ncccc2F)ccc1F. The fourth-order valence-electron chi connectivity index (χ4n) is 3.66. The Balaban J connectivity index is 1.68. The molecule has 30 heavy (non-hydrogen) atoms. The molecule has 1 fully saturated rings. The van der Waals surface area contributed by atoms with Crippen LogP contribution in [0.15, 0.2) is 54.1 Å². The van der Waals surface area contributed by atoms with Crippen molar-refractivity contribution >= 4 is 15.7 Å². The van der Waals surface area contributed by atoms with Crippen LogP contribution in [0.2, 0.25) is 0 Å². The quantitative estimate of drug-likeness (QED) is 0.669. The normalized spacial score (nSPS) is 19.9. The summed E-state index contributed by atoms with van der Waals surface area (Å²) in [5.74, 6) is -1.37. The number of pyridine rings is 1. The molecule has 7 nitrogen and oxygen atoms in total. The van der Waals surface area contributed by atoms with Crippen molar-refractivity contribution in [1.29, 1.82) is 0 Å². The highest BCUT2D eigenvalue weighted by molar-refractivity contribution is 7.89. The molecule has 0 saturated carbocycles. The molecular weight excluding hydrogens is 412 g/mol. The van der Waals surface area contributed by atoms with Crippen LogP contribution in [-0.4, -0.2) is 46.4 Å². The minimum absolute atomic E-state index is 0.0463. The third-order valence-corrected chi connectivity index (χ3v) is 6.94. The highest BCUT2D eigenvalue weighted by atomic mass is 32.2. The monoisotopic (exact) mass is 433 g/mol. The van der Waals surface area contributed by atoms with Crippen LogP contribution in [0.25, 0.3) is 0 Å². The molecule has 0 radical (unpaired) electrons. The highest BCUT2D eigenvalue weighted by Crippen LogP contribution is 2.33. The first-order valence-electron chi connectivity index (χ1n) is 9.37. The van der Waals surface area contributed by atoms with Gasteiger partial charge in [-0.1, -0.05) is 0 Å². The highest BCUT2D eigenvalue weighted by Gasteiger charge is 2.42. The van der Waals surface area contributed by atoms with Crippen molar-refractivity contribution in [2.24, 2.45) is 7.05 Å². The summed E-state index contributed by atoms with van der Waals surface area (Å²) < 4.78 is 57.1. The van der Waals surface area contributed by atoms with Gasteiger partial charge in [-0.15, -0.1) is 0 Å². The van der Waals surface area contributed by atoms with E-state index in [0.29, 0.717) is 11.3 Å². The van der Waals surface area contributed by atoms with Gasteiger partial charge in [0, 0.05) is 50.2 Å². The number of sulfonamides is 1. The Morgan fingerprint density at radius 2 is 1.93 bits per heavy atom. The van der Waals surface area contributed by atoms with Gasteiger partial charge in [0.1, 0.15) is 11.6 Å². The Labute approximate surface area is 173 Å². The largest absolute Gasteiger partial charge is 0.380 e. The number of nitrogens with one attached hydrogen (secondary N) is 1. The van der Waals surface area contributed by atoms with E-state index in [0.717, 1.165) is 0 Å². The van der Waals surface area contributed by atoms with Crippen molar-refractivity contribution in [1.82, 2.24) is 18.8 Å². The summed E-state index contributed by atoms with van der Waals surface area (Å²) >= 11 is 0. The summed E-state index contributed by atoms with van der Waals surface area (Å²) in [5.41, 5.74) is 1.27. The van der Waals surface area contributed by atoms with Crippen LogP contribution in [0.4, 0.5) is 14.5 Å². The predicted molar refractivity (Wildman–Crippen MR) is 107 cm³/mol. The lowest BCUT2D eigenvalue weighted by Crippen LogP contribution is -2.32. The van der Waals surface area contributed by atoms with Crippen LogP contribution in [0.5, 0.6) is 0 Å². The first kappa shape index (κ1) is 20.4. The molecule has 1 aliphatic heterocycles. The van der Waals surface area contributed by atoms with Gasteiger partial charge in [0.15, 0.2) is 5.03 Å². The lowest BCUT2D eigenvalue weighted by atomic mass is 9.98. The van der Waals surface area contributed by atoms with Crippen LogP contribution < -0.4 is 5.32 Å². The molecule has 0 unspecified atom stereocenters. The number of hydrogen-bond donors (Lipinski definition) is 1. The Bertz CT molecular complexity index is 1180. The zero-order chi connectivity index (χ0) is 21.5. The summed E-state index contributed by atoms with van der Waals surface area (Å²) in [4.78, 5) is 8.12. The standard InChI is InChI=1S/C20H21F2N5O2S/c1-13-8-14(5-6-16(13)21)25-18-10-27(30(28,29)19-11-26(2)12-24-19)9-15(18)20-17(22)4-3-7-23-20/h3-8,11-12,15,18,25H,9-10H2,1-2H3/t15-,18-/m0/s1. The number of aromatic nitrogens is 3. The second-order valence-electron chi connectivity index (χ2n) is 7.39. The smallest absolute Gasteiger partial charge is 0.262 e. The predicted octanol–water partition coefficient (Wildman–Crippen LogP) is 2.67. The zero-order valence-corrected chi connectivity index (χ0v) is 17.3. The molecule has 0 aliphatic carbocycles. The summed E-state index contributed by atoms with van der Waals surface area (Å²) in [5, 5.41) is 3.17. The molecular formula is C20H21F2N5O2S. The second-order valence-corrected chi connectivity index (χ2v) is 9.28. The van der Waals surface area contributed by atoms with Gasteiger partial charge in [-0.3, -0.25) is 4.98 Å². The number of aryl methyl sites for hydroxylation is 2. The molecule has 1 aliphatic rings. The van der Waals surface area contributed by atoms with Crippen LogP contribution in [0, 0.1) is 18.6 Å². The van der Waals surface area contributed by atoms with E-state index in [9.17, 15) is 17.2 Å². The van der Waals surface area contributed by atoms with Crippen molar-refractivity contribution in [2.75, 3.05) is 18.4 Å². The summed E-state index contributed by atoms with van der Waals surface area (Å²) in [6.07, 6.45) is 4.32.